The molecule has 0 aliphatic carbocycles. The van der Waals surface area contributed by atoms with Crippen molar-refractivity contribution in [3.05, 3.63) is 162 Å². The van der Waals surface area contributed by atoms with Crippen molar-refractivity contribution >= 4 is 43.4 Å². The fourth-order valence-electron chi connectivity index (χ4n) is 5.81. The number of methoxy groups -OCH3 is 1. The van der Waals surface area contributed by atoms with Gasteiger partial charge in [-0.15, -0.1) is 0 Å². The van der Waals surface area contributed by atoms with Crippen molar-refractivity contribution in [1.82, 2.24) is 0 Å². The van der Waals surface area contributed by atoms with Gasteiger partial charge in [0.05, 0.1) is 16.9 Å². The number of carboxylic acids is 2. The molecule has 0 atom stereocenters. The maximum Gasteiger partial charge on any atom is 0.339 e. The molecule has 0 fully saturated rings. The number of anilines is 2. The quantitative estimate of drug-likeness (QED) is 0.0470. The predicted octanol–water partition coefficient (Wildman–Crippen LogP) is 8.64. The molecule has 15 nitrogen and oxygen atoms in total. The van der Waals surface area contributed by atoms with Gasteiger partial charge in [0, 0.05) is 17.4 Å². The van der Waals surface area contributed by atoms with E-state index in [1.54, 1.807) is 109 Å². The Hall–Kier alpha value is -7.24. The van der Waals surface area contributed by atoms with Crippen LogP contribution in [0.15, 0.2) is 155 Å². The van der Waals surface area contributed by atoms with Crippen molar-refractivity contribution in [2.45, 2.75) is 36.0 Å². The summed E-state index contributed by atoms with van der Waals surface area (Å²) in [6.07, 6.45) is 3.09. The van der Waals surface area contributed by atoms with Crippen LogP contribution in [-0.2, 0) is 26.5 Å². The average molecular weight is 913 g/mol. The SMILES string of the molecule is CCCCc1ccc(S(=O)(=O)Nc2ccc(OCCOc3ccccc3C(=O)O)cc2)cc1.COc1cccc(S(=O)(=O)Nc2ccc(OCCOc3ccccc3C(=O)O)cc2)c1. The molecule has 0 unspecified atom stereocenters. The van der Waals surface area contributed by atoms with Gasteiger partial charge in [0.1, 0.15) is 66.3 Å². The Morgan fingerprint density at radius 1 is 0.516 bits per heavy atom. The van der Waals surface area contributed by atoms with E-state index >= 15 is 0 Å². The molecule has 0 heterocycles. The minimum Gasteiger partial charge on any atom is -0.497 e. The van der Waals surface area contributed by atoms with E-state index in [4.69, 9.17) is 33.9 Å². The number of carbonyl (C=O) groups is 2. The second kappa shape index (κ2) is 23.3. The van der Waals surface area contributed by atoms with Crippen LogP contribution in [0.3, 0.4) is 0 Å². The Morgan fingerprint density at radius 3 is 1.42 bits per heavy atom. The lowest BCUT2D eigenvalue weighted by Crippen LogP contribution is -2.13. The first-order chi connectivity index (χ1) is 30.8. The highest BCUT2D eigenvalue weighted by atomic mass is 32.2. The number of nitrogens with one attached hydrogen (secondary N) is 2. The first kappa shape index (κ1) is 47.8. The standard InChI is InChI=1S/C25H27NO6S.C22H21NO7S/c1-2-3-6-19-9-15-22(16-10-19)33(29,30)26-20-11-13-21(14-12-20)31-17-18-32-24-8-5-4-7-23(24)25(27)28;1-28-18-5-4-6-19(15-18)31(26,27)23-16-9-11-17(12-10-16)29-13-14-30-21-8-3-2-7-20(21)22(24)25/h4-5,7-16,26H,2-3,6,17-18H2,1H3,(H,27,28);2-12,15,23H,13-14H2,1H3,(H,24,25). The molecule has 336 valence electrons. The number of hydrogen-bond donors (Lipinski definition) is 4. The molecule has 6 aromatic carbocycles. The fourth-order valence-corrected chi connectivity index (χ4v) is 7.96. The van der Waals surface area contributed by atoms with E-state index in [2.05, 4.69) is 16.4 Å². The Bertz CT molecular complexity index is 2680. The molecule has 6 aromatic rings. The molecule has 0 spiro atoms. The second-order valence-corrected chi connectivity index (χ2v) is 17.0. The van der Waals surface area contributed by atoms with Gasteiger partial charge in [0.25, 0.3) is 20.0 Å². The summed E-state index contributed by atoms with van der Waals surface area (Å²) in [7, 11) is -5.98. The van der Waals surface area contributed by atoms with E-state index in [1.165, 1.54) is 31.4 Å². The van der Waals surface area contributed by atoms with Crippen molar-refractivity contribution in [1.29, 1.82) is 0 Å². The lowest BCUT2D eigenvalue weighted by atomic mass is 10.1. The molecule has 0 amide bonds. The molecule has 0 aromatic heterocycles. The highest BCUT2D eigenvalue weighted by molar-refractivity contribution is 7.93. The molecular weight excluding hydrogens is 865 g/mol. The number of rotatable bonds is 22. The highest BCUT2D eigenvalue weighted by Crippen LogP contribution is 2.24. The summed E-state index contributed by atoms with van der Waals surface area (Å²) in [5.41, 5.74) is 2.08. The lowest BCUT2D eigenvalue weighted by Gasteiger charge is -2.11. The Labute approximate surface area is 372 Å². The monoisotopic (exact) mass is 912 g/mol. The lowest BCUT2D eigenvalue weighted by molar-refractivity contribution is 0.0680. The van der Waals surface area contributed by atoms with Gasteiger partial charge in [-0.3, -0.25) is 9.44 Å². The Morgan fingerprint density at radius 2 is 0.969 bits per heavy atom. The third-order valence-electron chi connectivity index (χ3n) is 9.07. The normalized spacial score (nSPS) is 11.0. The van der Waals surface area contributed by atoms with E-state index in [9.17, 15) is 26.4 Å². The maximum atomic E-state index is 12.6. The van der Waals surface area contributed by atoms with Gasteiger partial charge in [0.2, 0.25) is 0 Å². The largest absolute Gasteiger partial charge is 0.497 e. The maximum absolute atomic E-state index is 12.6. The minimum atomic E-state index is -3.76. The van der Waals surface area contributed by atoms with Crippen molar-refractivity contribution in [3.8, 4) is 28.7 Å². The van der Waals surface area contributed by atoms with Crippen LogP contribution >= 0.6 is 0 Å². The molecule has 0 aliphatic heterocycles. The number of para-hydroxylation sites is 2. The van der Waals surface area contributed by atoms with Crippen molar-refractivity contribution in [2.75, 3.05) is 43.0 Å². The van der Waals surface area contributed by atoms with Crippen LogP contribution in [0, 0.1) is 0 Å². The van der Waals surface area contributed by atoms with Gasteiger partial charge in [-0.25, -0.2) is 26.4 Å². The number of unbranched alkanes of at least 4 members (excludes halogenated alkanes) is 1. The van der Waals surface area contributed by atoms with Crippen LogP contribution in [0.4, 0.5) is 11.4 Å². The number of aryl methyl sites for hydroxylation is 1. The van der Waals surface area contributed by atoms with Gasteiger partial charge in [-0.2, -0.15) is 0 Å². The molecule has 0 aliphatic rings. The predicted molar refractivity (Wildman–Crippen MR) is 241 cm³/mol. The van der Waals surface area contributed by atoms with Crippen LogP contribution < -0.4 is 33.1 Å². The number of ether oxygens (including phenoxy) is 5. The zero-order valence-corrected chi connectivity index (χ0v) is 36.6. The molecule has 0 radical (unpaired) electrons. The summed E-state index contributed by atoms with van der Waals surface area (Å²) >= 11 is 0. The molecule has 6 rings (SSSR count). The second-order valence-electron chi connectivity index (χ2n) is 13.7. The number of benzene rings is 6. The van der Waals surface area contributed by atoms with E-state index in [0.717, 1.165) is 24.8 Å². The highest BCUT2D eigenvalue weighted by Gasteiger charge is 2.17. The van der Waals surface area contributed by atoms with Crippen LogP contribution in [0.25, 0.3) is 0 Å². The van der Waals surface area contributed by atoms with Gasteiger partial charge in [-0.05, 0) is 115 Å². The van der Waals surface area contributed by atoms with E-state index in [-0.39, 0.29) is 58.8 Å². The topological polar surface area (TPSA) is 213 Å². The smallest absolute Gasteiger partial charge is 0.339 e. The van der Waals surface area contributed by atoms with Gasteiger partial charge in [0.15, 0.2) is 0 Å². The molecular formula is C47H48N2O13S2. The van der Waals surface area contributed by atoms with E-state index in [0.29, 0.717) is 28.6 Å². The number of carboxylic acid groups (broad SMARTS) is 2. The number of hydrogen-bond acceptors (Lipinski definition) is 11. The summed E-state index contributed by atoms with van der Waals surface area (Å²) in [4.78, 5) is 22.7. The average Bonchev–Trinajstić information content (AvgIpc) is 3.30. The molecule has 4 N–H and O–H groups in total. The van der Waals surface area contributed by atoms with Crippen LogP contribution in [-0.4, -0.2) is 72.5 Å². The van der Waals surface area contributed by atoms with Crippen molar-refractivity contribution in [3.63, 3.8) is 0 Å². The van der Waals surface area contributed by atoms with Gasteiger partial charge < -0.3 is 33.9 Å². The Kier molecular flexibility index (Phi) is 17.4. The molecule has 0 bridgehead atoms. The summed E-state index contributed by atoms with van der Waals surface area (Å²) in [6.45, 7) is 2.81. The summed E-state index contributed by atoms with van der Waals surface area (Å²) < 4.78 is 82.5. The summed E-state index contributed by atoms with van der Waals surface area (Å²) in [5.74, 6) is -0.0919. The fraction of sp³-hybridized carbons (Fsp3) is 0.191. The Balaban J connectivity index is 0.000000241. The van der Waals surface area contributed by atoms with Crippen molar-refractivity contribution < 1.29 is 60.3 Å². The molecule has 0 saturated carbocycles. The summed E-state index contributed by atoms with van der Waals surface area (Å²) in [6, 6.07) is 38.8. The third kappa shape index (κ3) is 14.4. The third-order valence-corrected chi connectivity index (χ3v) is 11.8. The molecule has 17 heteroatoms. The van der Waals surface area contributed by atoms with E-state index in [1.807, 2.05) is 12.1 Å². The molecule has 0 saturated heterocycles. The van der Waals surface area contributed by atoms with E-state index < -0.39 is 32.0 Å². The van der Waals surface area contributed by atoms with Gasteiger partial charge >= 0.3 is 11.9 Å². The van der Waals surface area contributed by atoms with Crippen molar-refractivity contribution in [2.24, 2.45) is 0 Å². The number of sulfonamides is 2. The van der Waals surface area contributed by atoms with Crippen LogP contribution in [0.2, 0.25) is 0 Å². The molecule has 64 heavy (non-hydrogen) atoms. The zero-order valence-electron chi connectivity index (χ0n) is 35.0. The zero-order chi connectivity index (χ0) is 46.0. The van der Waals surface area contributed by atoms with Crippen LogP contribution in [0.1, 0.15) is 46.0 Å². The van der Waals surface area contributed by atoms with Crippen LogP contribution in [0.5, 0.6) is 28.7 Å². The summed E-state index contributed by atoms with van der Waals surface area (Å²) in [5, 5.41) is 18.3. The first-order valence-electron chi connectivity index (χ1n) is 19.9. The number of aromatic carboxylic acids is 2. The minimum absolute atomic E-state index is 0.0789. The van der Waals surface area contributed by atoms with Gasteiger partial charge in [-0.1, -0.05) is 55.8 Å². The first-order valence-corrected chi connectivity index (χ1v) is 22.9.